The van der Waals surface area contributed by atoms with Crippen molar-refractivity contribution < 1.29 is 22.6 Å². The topological polar surface area (TPSA) is 18.5 Å². The van der Waals surface area contributed by atoms with Crippen molar-refractivity contribution in [3.63, 3.8) is 0 Å². The maximum atomic E-state index is 12.1. The summed E-state index contributed by atoms with van der Waals surface area (Å²) in [7, 11) is 0. The van der Waals surface area contributed by atoms with Crippen molar-refractivity contribution in [2.75, 3.05) is 13.2 Å². The molecule has 1 aromatic carbocycles. The molecule has 20 heavy (non-hydrogen) atoms. The summed E-state index contributed by atoms with van der Waals surface area (Å²) in [5.74, 6) is -0.178. The minimum Gasteiger partial charge on any atom is -0.348 e. The van der Waals surface area contributed by atoms with E-state index in [2.05, 4.69) is 6.92 Å². The number of alkyl halides is 3. The molecule has 2 nitrogen and oxygen atoms in total. The monoisotopic (exact) mass is 288 g/mol. The van der Waals surface area contributed by atoms with Crippen molar-refractivity contribution in [1.82, 2.24) is 0 Å². The fourth-order valence-electron chi connectivity index (χ4n) is 2.18. The molecule has 0 spiro atoms. The molecular formula is C15H19F3O2. The van der Waals surface area contributed by atoms with Gasteiger partial charge >= 0.3 is 6.18 Å². The second-order valence-electron chi connectivity index (χ2n) is 5.11. The van der Waals surface area contributed by atoms with Gasteiger partial charge in [-0.05, 0) is 18.4 Å². The zero-order valence-electron chi connectivity index (χ0n) is 11.5. The van der Waals surface area contributed by atoms with Crippen molar-refractivity contribution >= 4 is 0 Å². The van der Waals surface area contributed by atoms with Crippen LogP contribution in [0.1, 0.15) is 37.2 Å². The van der Waals surface area contributed by atoms with Crippen molar-refractivity contribution in [3.8, 4) is 0 Å². The molecule has 0 unspecified atom stereocenters. The Labute approximate surface area is 116 Å². The Balaban J connectivity index is 1.81. The summed E-state index contributed by atoms with van der Waals surface area (Å²) in [5, 5.41) is 0. The molecular weight excluding hydrogens is 269 g/mol. The first kappa shape index (κ1) is 15.3. The van der Waals surface area contributed by atoms with Crippen molar-refractivity contribution in [1.29, 1.82) is 0 Å². The van der Waals surface area contributed by atoms with Crippen LogP contribution in [0, 0.1) is 5.92 Å². The second-order valence-corrected chi connectivity index (χ2v) is 5.11. The van der Waals surface area contributed by atoms with Gasteiger partial charge in [-0.25, -0.2) is 0 Å². The highest BCUT2D eigenvalue weighted by Crippen LogP contribution is 2.30. The summed E-state index contributed by atoms with van der Waals surface area (Å²) in [5.41, 5.74) is 2.14. The Morgan fingerprint density at radius 2 is 1.70 bits per heavy atom. The Bertz CT molecular complexity index is 406. The lowest BCUT2D eigenvalue weighted by Gasteiger charge is -2.29. The quantitative estimate of drug-likeness (QED) is 0.824. The molecule has 0 radical (unpaired) electrons. The van der Waals surface area contributed by atoms with Gasteiger partial charge in [-0.1, -0.05) is 31.2 Å². The van der Waals surface area contributed by atoms with Crippen LogP contribution >= 0.6 is 0 Å². The number of halogens is 3. The number of benzene rings is 1. The molecule has 1 aliphatic rings. The van der Waals surface area contributed by atoms with Gasteiger partial charge in [0.2, 0.25) is 0 Å². The molecule has 0 amide bonds. The minimum atomic E-state index is -4.10. The molecule has 5 heteroatoms. The summed E-state index contributed by atoms with van der Waals surface area (Å²) in [6, 6.07) is 7.91. The summed E-state index contributed by atoms with van der Waals surface area (Å²) in [6.07, 6.45) is -4.31. The van der Waals surface area contributed by atoms with Crippen LogP contribution in [-0.2, 0) is 15.9 Å². The lowest BCUT2D eigenvalue weighted by molar-refractivity contribution is -0.211. The zero-order chi connectivity index (χ0) is 14.6. The van der Waals surface area contributed by atoms with E-state index in [1.807, 2.05) is 24.3 Å². The van der Waals surface area contributed by atoms with Crippen LogP contribution in [0.5, 0.6) is 0 Å². The Kier molecular flexibility index (Phi) is 5.05. The fourth-order valence-corrected chi connectivity index (χ4v) is 2.18. The van der Waals surface area contributed by atoms with Crippen LogP contribution < -0.4 is 0 Å². The molecule has 1 aliphatic heterocycles. The van der Waals surface area contributed by atoms with Crippen LogP contribution in [0.4, 0.5) is 13.2 Å². The molecule has 1 heterocycles. The molecule has 2 rings (SSSR count). The fraction of sp³-hybridized carbons (Fsp3) is 0.600. The third-order valence-electron chi connectivity index (χ3n) is 3.46. The van der Waals surface area contributed by atoms with Crippen molar-refractivity contribution in [3.05, 3.63) is 35.4 Å². The molecule has 112 valence electrons. The minimum absolute atomic E-state index is 0.0605. The Morgan fingerprint density at radius 3 is 2.20 bits per heavy atom. The molecule has 0 atom stereocenters. The smallest absolute Gasteiger partial charge is 0.348 e. The predicted octanol–water partition coefficient (Wildman–Crippen LogP) is 4.25. The molecule has 0 saturated carbocycles. The van der Waals surface area contributed by atoms with Gasteiger partial charge in [0, 0.05) is 17.9 Å². The van der Waals surface area contributed by atoms with Gasteiger partial charge in [-0.15, -0.1) is 0 Å². The molecule has 1 fully saturated rings. The third-order valence-corrected chi connectivity index (χ3v) is 3.46. The molecule has 0 aromatic heterocycles. The van der Waals surface area contributed by atoms with Gasteiger partial charge < -0.3 is 9.47 Å². The van der Waals surface area contributed by atoms with Crippen LogP contribution in [-0.4, -0.2) is 19.4 Å². The Morgan fingerprint density at radius 1 is 1.10 bits per heavy atom. The zero-order valence-corrected chi connectivity index (χ0v) is 11.5. The van der Waals surface area contributed by atoms with E-state index < -0.39 is 18.9 Å². The van der Waals surface area contributed by atoms with Gasteiger partial charge in [-0.2, -0.15) is 13.2 Å². The average molecular weight is 288 g/mol. The highest BCUT2D eigenvalue weighted by molar-refractivity contribution is 5.23. The van der Waals surface area contributed by atoms with Gasteiger partial charge in [-0.3, -0.25) is 0 Å². The van der Waals surface area contributed by atoms with E-state index in [-0.39, 0.29) is 12.3 Å². The molecule has 0 N–H and O–H groups in total. The third kappa shape index (κ3) is 4.49. The number of hydrogen-bond donors (Lipinski definition) is 0. The molecule has 1 aromatic rings. The first-order valence-corrected chi connectivity index (χ1v) is 6.86. The van der Waals surface area contributed by atoms with E-state index in [0.29, 0.717) is 13.2 Å². The summed E-state index contributed by atoms with van der Waals surface area (Å²) < 4.78 is 47.5. The maximum absolute atomic E-state index is 12.1. The normalized spacial score (nSPS) is 23.8. The average Bonchev–Trinajstić information content (AvgIpc) is 2.45. The highest BCUT2D eigenvalue weighted by atomic mass is 19.4. The molecule has 0 aliphatic carbocycles. The Hall–Kier alpha value is -1.07. The van der Waals surface area contributed by atoms with E-state index in [4.69, 9.17) is 9.47 Å². The van der Waals surface area contributed by atoms with Gasteiger partial charge in [0.25, 0.3) is 0 Å². The van der Waals surface area contributed by atoms with Crippen LogP contribution in [0.3, 0.4) is 0 Å². The number of rotatable bonds is 4. The second kappa shape index (κ2) is 6.59. The summed E-state index contributed by atoms with van der Waals surface area (Å²) in [6.45, 7) is 2.71. The maximum Gasteiger partial charge on any atom is 0.389 e. The summed E-state index contributed by atoms with van der Waals surface area (Å²) in [4.78, 5) is 0. The predicted molar refractivity (Wildman–Crippen MR) is 69.2 cm³/mol. The standard InChI is InChI=1S/C15H19F3O2/c1-2-11-3-5-13(6-4-11)14-19-9-12(10-20-14)7-8-15(16,17)18/h3-6,12,14H,2,7-10H2,1H3/t12-,14-. The molecule has 0 bridgehead atoms. The van der Waals surface area contributed by atoms with E-state index in [1.165, 1.54) is 5.56 Å². The van der Waals surface area contributed by atoms with E-state index in [1.54, 1.807) is 0 Å². The van der Waals surface area contributed by atoms with Gasteiger partial charge in [0.15, 0.2) is 6.29 Å². The van der Waals surface area contributed by atoms with E-state index >= 15 is 0 Å². The van der Waals surface area contributed by atoms with Gasteiger partial charge in [0.1, 0.15) is 0 Å². The number of ether oxygens (including phenoxy) is 2. The van der Waals surface area contributed by atoms with Crippen LogP contribution in [0.25, 0.3) is 0 Å². The first-order valence-electron chi connectivity index (χ1n) is 6.86. The lowest BCUT2D eigenvalue weighted by atomic mass is 10.0. The SMILES string of the molecule is CCc1ccc([C@H]2OC[C@H](CCC(F)(F)F)CO2)cc1. The van der Waals surface area contributed by atoms with Gasteiger partial charge in [0.05, 0.1) is 13.2 Å². The van der Waals surface area contributed by atoms with Crippen LogP contribution in [0.15, 0.2) is 24.3 Å². The molecule has 1 saturated heterocycles. The van der Waals surface area contributed by atoms with E-state index in [9.17, 15) is 13.2 Å². The number of hydrogen-bond acceptors (Lipinski definition) is 2. The highest BCUT2D eigenvalue weighted by Gasteiger charge is 2.30. The lowest BCUT2D eigenvalue weighted by Crippen LogP contribution is -2.28. The van der Waals surface area contributed by atoms with Crippen molar-refractivity contribution in [2.24, 2.45) is 5.92 Å². The largest absolute Gasteiger partial charge is 0.389 e. The van der Waals surface area contributed by atoms with Crippen molar-refractivity contribution in [2.45, 2.75) is 38.7 Å². The number of aryl methyl sites for hydroxylation is 1. The van der Waals surface area contributed by atoms with E-state index in [0.717, 1.165) is 12.0 Å². The first-order chi connectivity index (χ1) is 9.48. The summed E-state index contributed by atoms with van der Waals surface area (Å²) >= 11 is 0. The van der Waals surface area contributed by atoms with Crippen LogP contribution in [0.2, 0.25) is 0 Å².